The Labute approximate surface area is 165 Å². The van der Waals surface area contributed by atoms with E-state index in [1.807, 2.05) is 18.2 Å². The SMILES string of the molecule is N=C(N)NCCCC[C@@H](N)C(=O)NCCOc1ccc(CS)c(CS)c1. The zero-order chi connectivity index (χ0) is 19.4. The fourth-order valence-electron chi connectivity index (χ4n) is 2.31. The molecule has 0 bridgehead atoms. The molecule has 146 valence electrons. The number of amides is 1. The van der Waals surface area contributed by atoms with Crippen molar-refractivity contribution < 1.29 is 9.53 Å². The van der Waals surface area contributed by atoms with Crippen molar-refractivity contribution in [3.8, 4) is 5.75 Å². The van der Waals surface area contributed by atoms with Gasteiger partial charge in [0.25, 0.3) is 0 Å². The summed E-state index contributed by atoms with van der Waals surface area (Å²) < 4.78 is 5.66. The Morgan fingerprint density at radius 1 is 1.15 bits per heavy atom. The molecule has 26 heavy (non-hydrogen) atoms. The van der Waals surface area contributed by atoms with E-state index in [1.165, 1.54) is 0 Å². The molecule has 0 aliphatic heterocycles. The summed E-state index contributed by atoms with van der Waals surface area (Å²) in [6, 6.07) is 5.27. The lowest BCUT2D eigenvalue weighted by atomic mass is 10.1. The van der Waals surface area contributed by atoms with E-state index >= 15 is 0 Å². The molecule has 0 radical (unpaired) electrons. The van der Waals surface area contributed by atoms with Crippen molar-refractivity contribution in [2.75, 3.05) is 19.7 Å². The molecule has 0 saturated heterocycles. The molecule has 1 atom stereocenters. The van der Waals surface area contributed by atoms with Crippen LogP contribution in [0, 0.1) is 5.41 Å². The first-order valence-electron chi connectivity index (χ1n) is 8.55. The number of hydrogen-bond donors (Lipinski definition) is 7. The van der Waals surface area contributed by atoms with Crippen LogP contribution in [-0.2, 0) is 16.3 Å². The Hall–Kier alpha value is -1.58. The lowest BCUT2D eigenvalue weighted by molar-refractivity contribution is -0.122. The summed E-state index contributed by atoms with van der Waals surface area (Å²) in [5.41, 5.74) is 13.3. The second-order valence-corrected chi connectivity index (χ2v) is 6.46. The van der Waals surface area contributed by atoms with E-state index in [0.29, 0.717) is 37.6 Å². The number of nitrogens with two attached hydrogens (primary N) is 2. The normalized spacial score (nSPS) is 11.7. The molecule has 9 heteroatoms. The van der Waals surface area contributed by atoms with Gasteiger partial charge in [0, 0.05) is 18.1 Å². The van der Waals surface area contributed by atoms with Crippen LogP contribution in [0.25, 0.3) is 0 Å². The van der Waals surface area contributed by atoms with Gasteiger partial charge in [0.05, 0.1) is 12.6 Å². The van der Waals surface area contributed by atoms with E-state index in [9.17, 15) is 4.79 Å². The number of carbonyl (C=O) groups excluding carboxylic acids is 1. The van der Waals surface area contributed by atoms with Crippen molar-refractivity contribution in [1.82, 2.24) is 10.6 Å². The highest BCUT2D eigenvalue weighted by molar-refractivity contribution is 7.79. The van der Waals surface area contributed by atoms with Gasteiger partial charge in [-0.1, -0.05) is 6.07 Å². The van der Waals surface area contributed by atoms with Gasteiger partial charge in [-0.3, -0.25) is 10.2 Å². The minimum atomic E-state index is -0.544. The number of rotatable bonds is 12. The molecule has 0 heterocycles. The summed E-state index contributed by atoms with van der Waals surface area (Å²) >= 11 is 8.60. The molecule has 0 unspecified atom stereocenters. The second kappa shape index (κ2) is 12.7. The summed E-state index contributed by atoms with van der Waals surface area (Å²) in [5, 5.41) is 12.5. The molecular weight excluding hydrogens is 370 g/mol. The van der Waals surface area contributed by atoms with Gasteiger partial charge < -0.3 is 26.8 Å². The van der Waals surface area contributed by atoms with Crippen molar-refractivity contribution >= 4 is 37.1 Å². The monoisotopic (exact) mass is 399 g/mol. The van der Waals surface area contributed by atoms with Crippen molar-refractivity contribution in [2.45, 2.75) is 36.8 Å². The number of carbonyl (C=O) groups is 1. The third-order valence-corrected chi connectivity index (χ3v) is 4.46. The molecule has 0 aromatic heterocycles. The van der Waals surface area contributed by atoms with E-state index < -0.39 is 6.04 Å². The number of unbranched alkanes of at least 4 members (excludes halogenated alkanes) is 1. The standard InChI is InChI=1S/C17H29N5O2S2/c18-15(3-1-2-6-22-17(19)20)16(23)21-7-8-24-14-5-4-12(10-25)13(9-14)11-26/h4-5,9,15,25-26H,1-3,6-8,10-11,18H2,(H,21,23)(H4,19,20,22)/t15-/m1/s1. The van der Waals surface area contributed by atoms with Crippen LogP contribution in [0.1, 0.15) is 30.4 Å². The Kier molecular flexibility index (Phi) is 11.0. The summed E-state index contributed by atoms with van der Waals surface area (Å²) in [7, 11) is 0. The van der Waals surface area contributed by atoms with Crippen molar-refractivity contribution in [3.63, 3.8) is 0 Å². The average Bonchev–Trinajstić information content (AvgIpc) is 2.63. The van der Waals surface area contributed by atoms with Crippen LogP contribution in [0.4, 0.5) is 0 Å². The predicted octanol–water partition coefficient (Wildman–Crippen LogP) is 1.02. The quantitative estimate of drug-likeness (QED) is 0.122. The number of benzene rings is 1. The summed E-state index contributed by atoms with van der Waals surface area (Å²) in [4.78, 5) is 11.9. The minimum absolute atomic E-state index is 0.0474. The maximum absolute atomic E-state index is 11.9. The van der Waals surface area contributed by atoms with Crippen molar-refractivity contribution in [1.29, 1.82) is 5.41 Å². The molecule has 0 fully saturated rings. The van der Waals surface area contributed by atoms with E-state index in [0.717, 1.165) is 29.7 Å². The zero-order valence-corrected chi connectivity index (χ0v) is 16.6. The fraction of sp³-hybridized carbons (Fsp3) is 0.529. The van der Waals surface area contributed by atoms with Gasteiger partial charge in [-0.25, -0.2) is 0 Å². The third kappa shape index (κ3) is 8.68. The van der Waals surface area contributed by atoms with Crippen molar-refractivity contribution in [2.24, 2.45) is 11.5 Å². The van der Waals surface area contributed by atoms with Gasteiger partial charge in [0.15, 0.2) is 5.96 Å². The number of nitrogens with one attached hydrogen (secondary N) is 3. The maximum atomic E-state index is 11.9. The Morgan fingerprint density at radius 3 is 2.54 bits per heavy atom. The molecule has 0 spiro atoms. The van der Waals surface area contributed by atoms with E-state index in [-0.39, 0.29) is 11.9 Å². The van der Waals surface area contributed by atoms with Gasteiger partial charge in [-0.2, -0.15) is 25.3 Å². The number of guanidine groups is 1. The Morgan fingerprint density at radius 2 is 1.88 bits per heavy atom. The Balaban J connectivity index is 2.22. The summed E-state index contributed by atoms with van der Waals surface area (Å²) in [6.07, 6.45) is 2.18. The highest BCUT2D eigenvalue weighted by Gasteiger charge is 2.12. The second-order valence-electron chi connectivity index (χ2n) is 5.83. The van der Waals surface area contributed by atoms with Gasteiger partial charge in [-0.15, -0.1) is 0 Å². The lowest BCUT2D eigenvalue weighted by Crippen LogP contribution is -2.42. The van der Waals surface area contributed by atoms with Crippen LogP contribution in [0.15, 0.2) is 18.2 Å². The lowest BCUT2D eigenvalue weighted by Gasteiger charge is -2.13. The first kappa shape index (κ1) is 22.5. The molecule has 7 N–H and O–H groups in total. The Bertz CT molecular complexity index is 586. The molecule has 1 amide bonds. The summed E-state index contributed by atoms with van der Waals surface area (Å²) in [5.74, 6) is 1.80. The first-order chi connectivity index (χ1) is 12.5. The largest absolute Gasteiger partial charge is 0.492 e. The van der Waals surface area contributed by atoms with Crippen LogP contribution in [0.2, 0.25) is 0 Å². The minimum Gasteiger partial charge on any atom is -0.492 e. The van der Waals surface area contributed by atoms with Gasteiger partial charge >= 0.3 is 0 Å². The molecule has 1 rings (SSSR count). The highest BCUT2D eigenvalue weighted by atomic mass is 32.1. The molecular formula is C17H29N5O2S2. The van der Waals surface area contributed by atoms with E-state index in [1.54, 1.807) is 0 Å². The van der Waals surface area contributed by atoms with Crippen LogP contribution >= 0.6 is 25.3 Å². The van der Waals surface area contributed by atoms with E-state index in [2.05, 4.69) is 35.9 Å². The maximum Gasteiger partial charge on any atom is 0.237 e. The molecule has 0 aliphatic carbocycles. The van der Waals surface area contributed by atoms with Gasteiger partial charge in [-0.05, 0) is 42.5 Å². The zero-order valence-electron chi connectivity index (χ0n) is 14.8. The first-order valence-corrected chi connectivity index (χ1v) is 9.82. The third-order valence-electron chi connectivity index (χ3n) is 3.78. The van der Waals surface area contributed by atoms with Crippen LogP contribution in [-0.4, -0.2) is 37.6 Å². The van der Waals surface area contributed by atoms with Crippen molar-refractivity contribution in [3.05, 3.63) is 29.3 Å². The number of hydrogen-bond acceptors (Lipinski definition) is 6. The van der Waals surface area contributed by atoms with Crippen LogP contribution in [0.3, 0.4) is 0 Å². The van der Waals surface area contributed by atoms with E-state index in [4.69, 9.17) is 21.6 Å². The topological polar surface area (TPSA) is 126 Å². The fourth-order valence-corrected chi connectivity index (χ4v) is 2.91. The number of thiol groups is 2. The van der Waals surface area contributed by atoms with Crippen LogP contribution in [0.5, 0.6) is 5.75 Å². The van der Waals surface area contributed by atoms with Crippen LogP contribution < -0.4 is 26.8 Å². The predicted molar refractivity (Wildman–Crippen MR) is 112 cm³/mol. The summed E-state index contributed by atoms with van der Waals surface area (Å²) in [6.45, 7) is 1.37. The molecule has 0 saturated carbocycles. The molecule has 7 nitrogen and oxygen atoms in total. The smallest absolute Gasteiger partial charge is 0.237 e. The molecule has 0 aliphatic rings. The average molecular weight is 400 g/mol. The number of ether oxygens (including phenoxy) is 1. The molecule has 1 aromatic rings. The highest BCUT2D eigenvalue weighted by Crippen LogP contribution is 2.20. The van der Waals surface area contributed by atoms with Gasteiger partial charge in [0.1, 0.15) is 12.4 Å². The molecule has 1 aromatic carbocycles. The van der Waals surface area contributed by atoms with Gasteiger partial charge in [0.2, 0.25) is 5.91 Å².